The normalized spacial score (nSPS) is 13.7. The van der Waals surface area contributed by atoms with Crippen molar-refractivity contribution in [2.45, 2.75) is 40.0 Å². The van der Waals surface area contributed by atoms with Crippen molar-refractivity contribution in [3.63, 3.8) is 0 Å². The number of allylic oxidation sites excluding steroid dienone is 4. The van der Waals surface area contributed by atoms with Gasteiger partial charge in [-0.2, -0.15) is 0 Å². The maximum absolute atomic E-state index is 5.57. The Morgan fingerprint density at radius 3 is 2.13 bits per heavy atom. The molecule has 0 amide bonds. The van der Waals surface area contributed by atoms with Crippen LogP contribution in [0.1, 0.15) is 41.2 Å². The maximum atomic E-state index is 5.57. The Morgan fingerprint density at radius 1 is 0.789 bits per heavy atom. The van der Waals surface area contributed by atoms with Crippen LogP contribution in [0.25, 0.3) is 11.1 Å². The molecule has 0 radical (unpaired) electrons. The Kier molecular flexibility index (Phi) is 8.07. The molecule has 4 aromatic carbocycles. The summed E-state index contributed by atoms with van der Waals surface area (Å²) < 4.78 is 11.5. The van der Waals surface area contributed by atoms with Gasteiger partial charge in [0.15, 0.2) is 0 Å². The molecule has 0 saturated carbocycles. The van der Waals surface area contributed by atoms with E-state index in [9.17, 15) is 0 Å². The fourth-order valence-electron chi connectivity index (χ4n) is 7.05. The molecule has 0 spiro atoms. The van der Waals surface area contributed by atoms with Gasteiger partial charge in [-0.05, 0) is 0 Å². The summed E-state index contributed by atoms with van der Waals surface area (Å²) in [7, 11) is 0. The van der Waals surface area contributed by atoms with Crippen molar-refractivity contribution in [2.75, 3.05) is 0 Å². The zero-order valence-electron chi connectivity index (χ0n) is 22.5. The first-order valence-corrected chi connectivity index (χ1v) is 19.9. The molecule has 0 aliphatic heterocycles. The van der Waals surface area contributed by atoms with Gasteiger partial charge in [0.2, 0.25) is 0 Å². The zero-order chi connectivity index (χ0) is 24.9. The average Bonchev–Trinajstić information content (AvgIpc) is 3.57. The van der Waals surface area contributed by atoms with E-state index in [0.717, 1.165) is 19.3 Å². The van der Waals surface area contributed by atoms with Crippen molar-refractivity contribution in [1.82, 2.24) is 0 Å². The monoisotopic (exact) mass is 616 g/mol. The molecule has 0 aromatic heterocycles. The van der Waals surface area contributed by atoms with Crippen molar-refractivity contribution >= 4 is 38.8 Å². The van der Waals surface area contributed by atoms with Crippen LogP contribution in [0.3, 0.4) is 0 Å². The minimum atomic E-state index is -4.57. The Labute approximate surface area is 241 Å². The molecule has 0 saturated heterocycles. The third-order valence-corrected chi connectivity index (χ3v) is 25.6. The molecule has 0 nitrogen and oxygen atoms in total. The molecular formula is C35H36Cl2Zr. The number of rotatable bonds is 5. The van der Waals surface area contributed by atoms with Crippen molar-refractivity contribution in [3.05, 3.63) is 134 Å². The summed E-state index contributed by atoms with van der Waals surface area (Å²) in [5.74, 6) is 0. The van der Waals surface area contributed by atoms with Crippen molar-refractivity contribution in [1.29, 1.82) is 0 Å². The molecule has 2 aliphatic carbocycles. The predicted molar refractivity (Wildman–Crippen MR) is 169 cm³/mol. The standard InChI is InChI=1S/C15H13.C8H9.C6H5.C5H5.CH2.2ClH.Zr/c1-10-3-5-14-12(7-10)9-13-8-11(2)4-6-15(13)14;1-2-8-6-4-3-5-7-8;1-2-4-6-5-3-1;1-2-4-5-3-1;;;;/h3-7H,9H2,1-2H3;4-7H,2H2,1H3;1-5H;1-3H,4H2;1H2;2*1H;. The van der Waals surface area contributed by atoms with E-state index in [1.54, 1.807) is 3.27 Å². The van der Waals surface area contributed by atoms with Crippen LogP contribution in [0, 0.1) is 13.8 Å². The summed E-state index contributed by atoms with van der Waals surface area (Å²) in [4.78, 5) is 0. The molecule has 0 fully saturated rings. The van der Waals surface area contributed by atoms with Gasteiger partial charge in [-0.15, -0.1) is 24.8 Å². The molecule has 2 aliphatic rings. The summed E-state index contributed by atoms with van der Waals surface area (Å²) in [6, 6.07) is 32.6. The molecular weight excluding hydrogens is 583 g/mol. The van der Waals surface area contributed by atoms with Gasteiger partial charge in [0, 0.05) is 0 Å². The predicted octanol–water partition coefficient (Wildman–Crippen LogP) is 7.52. The number of hydrogen-bond donors (Lipinski definition) is 0. The molecule has 194 valence electrons. The third-order valence-electron chi connectivity index (χ3n) is 8.88. The third kappa shape index (κ3) is 4.02. The summed E-state index contributed by atoms with van der Waals surface area (Å²) in [6.07, 6.45) is 10.0. The number of hydrogen-bond acceptors (Lipinski definition) is 0. The van der Waals surface area contributed by atoms with Crippen LogP contribution >= 0.6 is 24.8 Å². The number of aryl methyl sites for hydroxylation is 3. The molecule has 0 atom stereocenters. The molecule has 38 heavy (non-hydrogen) atoms. The second-order valence-corrected chi connectivity index (χ2v) is 23.6. The fraction of sp³-hybridized carbons (Fsp3) is 0.171. The molecule has 6 rings (SSSR count). The van der Waals surface area contributed by atoms with E-state index in [4.69, 9.17) is 4.21 Å². The number of halogens is 2. The summed E-state index contributed by atoms with van der Waals surface area (Å²) in [5, 5.41) is 0. The van der Waals surface area contributed by atoms with Crippen LogP contribution in [-0.4, -0.2) is 4.21 Å². The summed E-state index contributed by atoms with van der Waals surface area (Å²) in [5.41, 5.74) is 9.86. The van der Waals surface area contributed by atoms with E-state index in [-0.39, 0.29) is 24.8 Å². The van der Waals surface area contributed by atoms with E-state index >= 15 is 0 Å². The minimum absolute atomic E-state index is 0. The van der Waals surface area contributed by atoms with Gasteiger partial charge in [-0.3, -0.25) is 0 Å². The van der Waals surface area contributed by atoms with Crippen LogP contribution in [0.4, 0.5) is 0 Å². The Bertz CT molecular complexity index is 1630. The van der Waals surface area contributed by atoms with Crippen molar-refractivity contribution in [2.24, 2.45) is 0 Å². The van der Waals surface area contributed by atoms with Gasteiger partial charge < -0.3 is 0 Å². The van der Waals surface area contributed by atoms with Crippen LogP contribution in [0.5, 0.6) is 0 Å². The van der Waals surface area contributed by atoms with Gasteiger partial charge >= 0.3 is 218 Å². The molecule has 0 unspecified atom stereocenters. The van der Waals surface area contributed by atoms with E-state index in [2.05, 4.69) is 124 Å². The second-order valence-electron chi connectivity index (χ2n) is 10.8. The number of benzene rings is 4. The Morgan fingerprint density at radius 2 is 1.47 bits per heavy atom. The van der Waals surface area contributed by atoms with Crippen LogP contribution in [-0.2, 0) is 31.1 Å². The van der Waals surface area contributed by atoms with Crippen molar-refractivity contribution < 1.29 is 18.3 Å². The summed E-state index contributed by atoms with van der Waals surface area (Å²) in [6.45, 7) is 6.77. The fourth-order valence-corrected chi connectivity index (χ4v) is 23.5. The number of fused-ring (bicyclic) bond motifs is 3. The van der Waals surface area contributed by atoms with Gasteiger partial charge in [0.1, 0.15) is 0 Å². The van der Waals surface area contributed by atoms with Gasteiger partial charge in [-0.25, -0.2) is 0 Å². The van der Waals surface area contributed by atoms with Gasteiger partial charge in [0.25, 0.3) is 0 Å². The molecule has 0 N–H and O–H groups in total. The average molecular weight is 619 g/mol. The van der Waals surface area contributed by atoms with Gasteiger partial charge in [-0.1, -0.05) is 0 Å². The van der Waals surface area contributed by atoms with Crippen LogP contribution < -0.4 is 9.81 Å². The summed E-state index contributed by atoms with van der Waals surface area (Å²) >= 11 is -4.57. The van der Waals surface area contributed by atoms with Gasteiger partial charge in [0.05, 0.1) is 0 Å². The quantitative estimate of drug-likeness (QED) is 0.191. The van der Waals surface area contributed by atoms with Crippen molar-refractivity contribution in [3.8, 4) is 11.1 Å². The van der Waals surface area contributed by atoms with Crippen LogP contribution in [0.15, 0.2) is 106 Å². The first kappa shape index (κ1) is 28.7. The molecule has 0 heterocycles. The Balaban J connectivity index is 0.00000168. The van der Waals surface area contributed by atoms with Crippen LogP contribution in [0.2, 0.25) is 0 Å². The Hall–Kier alpha value is -2.31. The SMILES string of the molecule is Cl.Cl.[CH2]=[Zr]([C]1=CC=CC1)([c]1ccccc1)([c]1ccc(CC)cc1)[c]1c(C)ccc2c1Cc1cc(C)ccc1-2. The van der Waals surface area contributed by atoms with E-state index in [1.807, 2.05) is 0 Å². The molecule has 3 heteroatoms. The van der Waals surface area contributed by atoms with E-state index in [0.29, 0.717) is 0 Å². The van der Waals surface area contributed by atoms with E-state index < -0.39 is 18.3 Å². The zero-order valence-corrected chi connectivity index (χ0v) is 26.6. The topological polar surface area (TPSA) is 0 Å². The van der Waals surface area contributed by atoms with E-state index in [1.165, 1.54) is 48.8 Å². The molecule has 0 bridgehead atoms. The first-order chi connectivity index (χ1) is 17.4. The molecule has 4 aromatic rings. The second kappa shape index (κ2) is 10.7. The first-order valence-electron chi connectivity index (χ1n) is 13.2.